The van der Waals surface area contributed by atoms with Crippen molar-refractivity contribution in [3.05, 3.63) is 29.3 Å². The number of para-hydroxylation sites is 1. The summed E-state index contributed by atoms with van der Waals surface area (Å²) in [5, 5.41) is 0. The molecule has 0 spiro atoms. The van der Waals surface area contributed by atoms with Crippen molar-refractivity contribution >= 4 is 6.08 Å². The van der Waals surface area contributed by atoms with Gasteiger partial charge in [-0.2, -0.15) is 0 Å². The van der Waals surface area contributed by atoms with Crippen LogP contribution in [0.25, 0.3) is 6.08 Å². The van der Waals surface area contributed by atoms with Crippen molar-refractivity contribution < 1.29 is 9.47 Å². The molecule has 0 aromatic heterocycles. The van der Waals surface area contributed by atoms with Crippen LogP contribution in [-0.4, -0.2) is 14.2 Å². The Hall–Kier alpha value is -1.44. The number of ether oxygens (including phenoxy) is 2. The predicted octanol–water partition coefficient (Wildman–Crippen LogP) is 4.05. The van der Waals surface area contributed by atoms with Crippen LogP contribution in [0.5, 0.6) is 11.5 Å². The van der Waals surface area contributed by atoms with Crippen molar-refractivity contribution in [3.8, 4) is 11.5 Å². The maximum atomic E-state index is 5.44. The van der Waals surface area contributed by atoms with Gasteiger partial charge in [0.25, 0.3) is 0 Å². The third-order valence-corrected chi connectivity index (χ3v) is 3.29. The monoisotopic (exact) mass is 232 g/mol. The van der Waals surface area contributed by atoms with Gasteiger partial charge in [-0.3, -0.25) is 0 Å². The molecule has 0 amide bonds. The lowest BCUT2D eigenvalue weighted by Gasteiger charge is -2.15. The van der Waals surface area contributed by atoms with E-state index in [2.05, 4.69) is 12.1 Å². The molecule has 0 heterocycles. The number of rotatable bonds is 3. The second-order valence-corrected chi connectivity index (χ2v) is 4.45. The average molecular weight is 232 g/mol. The summed E-state index contributed by atoms with van der Waals surface area (Å²) in [5.41, 5.74) is 2.66. The molecule has 1 saturated carbocycles. The largest absolute Gasteiger partial charge is 0.493 e. The highest BCUT2D eigenvalue weighted by molar-refractivity contribution is 5.64. The van der Waals surface area contributed by atoms with E-state index in [0.717, 1.165) is 17.1 Å². The number of methoxy groups -OCH3 is 2. The standard InChI is InChI=1S/C15H20O2/c1-16-14-10-6-9-13(15(14)17-2)11-12-7-4-3-5-8-12/h6,9-11H,3-5,7-8H2,1-2H3. The minimum Gasteiger partial charge on any atom is -0.493 e. The fourth-order valence-electron chi connectivity index (χ4n) is 2.40. The normalized spacial score (nSPS) is 15.5. The van der Waals surface area contributed by atoms with E-state index in [4.69, 9.17) is 9.47 Å². The zero-order chi connectivity index (χ0) is 12.1. The molecule has 2 rings (SSSR count). The summed E-state index contributed by atoms with van der Waals surface area (Å²) in [6.07, 6.45) is 8.71. The molecule has 1 aromatic rings. The molecule has 0 atom stereocenters. The molecule has 1 fully saturated rings. The highest BCUT2D eigenvalue weighted by Crippen LogP contribution is 2.34. The van der Waals surface area contributed by atoms with Gasteiger partial charge in [-0.15, -0.1) is 0 Å². The Kier molecular flexibility index (Phi) is 4.08. The highest BCUT2D eigenvalue weighted by atomic mass is 16.5. The van der Waals surface area contributed by atoms with Crippen molar-refractivity contribution in [1.29, 1.82) is 0 Å². The quantitative estimate of drug-likeness (QED) is 0.782. The van der Waals surface area contributed by atoms with E-state index in [1.54, 1.807) is 14.2 Å². The summed E-state index contributed by atoms with van der Waals surface area (Å²) >= 11 is 0. The summed E-state index contributed by atoms with van der Waals surface area (Å²) in [6.45, 7) is 0. The first-order valence-electron chi connectivity index (χ1n) is 6.25. The minimum atomic E-state index is 0.803. The molecule has 2 heteroatoms. The molecule has 0 N–H and O–H groups in total. The SMILES string of the molecule is COc1cccc(C=C2CCCCC2)c1OC. The predicted molar refractivity (Wildman–Crippen MR) is 70.6 cm³/mol. The van der Waals surface area contributed by atoms with Crippen molar-refractivity contribution in [2.45, 2.75) is 32.1 Å². The van der Waals surface area contributed by atoms with E-state index in [-0.39, 0.29) is 0 Å². The van der Waals surface area contributed by atoms with E-state index in [1.165, 1.54) is 37.7 Å². The van der Waals surface area contributed by atoms with Crippen LogP contribution in [0.2, 0.25) is 0 Å². The van der Waals surface area contributed by atoms with E-state index < -0.39 is 0 Å². The zero-order valence-corrected chi connectivity index (χ0v) is 10.7. The van der Waals surface area contributed by atoms with Crippen molar-refractivity contribution in [1.82, 2.24) is 0 Å². The summed E-state index contributed by atoms with van der Waals surface area (Å²) in [4.78, 5) is 0. The topological polar surface area (TPSA) is 18.5 Å². The molecular formula is C15H20O2. The summed E-state index contributed by atoms with van der Waals surface area (Å²) < 4.78 is 10.8. The van der Waals surface area contributed by atoms with Crippen LogP contribution in [0.4, 0.5) is 0 Å². The molecular weight excluding hydrogens is 212 g/mol. The molecule has 0 bridgehead atoms. The van der Waals surface area contributed by atoms with Gasteiger partial charge in [0.1, 0.15) is 0 Å². The third-order valence-electron chi connectivity index (χ3n) is 3.29. The first kappa shape index (κ1) is 12.0. The second kappa shape index (κ2) is 5.76. The molecule has 0 unspecified atom stereocenters. The molecule has 1 aromatic carbocycles. The Balaban J connectivity index is 2.30. The van der Waals surface area contributed by atoms with Gasteiger partial charge < -0.3 is 9.47 Å². The molecule has 1 aliphatic carbocycles. The maximum absolute atomic E-state index is 5.44. The minimum absolute atomic E-state index is 0.803. The third kappa shape index (κ3) is 2.82. The van der Waals surface area contributed by atoms with E-state index in [0.29, 0.717) is 0 Å². The van der Waals surface area contributed by atoms with Crippen molar-refractivity contribution in [3.63, 3.8) is 0 Å². The Bertz CT molecular complexity index is 399. The molecule has 0 radical (unpaired) electrons. The first-order chi connectivity index (χ1) is 8.35. The van der Waals surface area contributed by atoms with Gasteiger partial charge in [0.15, 0.2) is 11.5 Å². The Morgan fingerprint density at radius 3 is 2.41 bits per heavy atom. The van der Waals surface area contributed by atoms with Gasteiger partial charge in [0.2, 0.25) is 0 Å². The van der Waals surface area contributed by atoms with Gasteiger partial charge in [-0.05, 0) is 31.7 Å². The van der Waals surface area contributed by atoms with Gasteiger partial charge in [0, 0.05) is 5.56 Å². The Labute approximate surface area is 103 Å². The van der Waals surface area contributed by atoms with Crippen LogP contribution in [0, 0.1) is 0 Å². The lowest BCUT2D eigenvalue weighted by Crippen LogP contribution is -1.96. The number of hydrogen-bond donors (Lipinski definition) is 0. The molecule has 0 aliphatic heterocycles. The Morgan fingerprint density at radius 2 is 1.76 bits per heavy atom. The first-order valence-corrected chi connectivity index (χ1v) is 6.25. The fourth-order valence-corrected chi connectivity index (χ4v) is 2.40. The smallest absolute Gasteiger partial charge is 0.167 e. The van der Waals surface area contributed by atoms with Gasteiger partial charge >= 0.3 is 0 Å². The van der Waals surface area contributed by atoms with Crippen molar-refractivity contribution in [2.24, 2.45) is 0 Å². The van der Waals surface area contributed by atoms with Crippen LogP contribution in [0.1, 0.15) is 37.7 Å². The number of benzene rings is 1. The van der Waals surface area contributed by atoms with Crippen LogP contribution in [0.3, 0.4) is 0 Å². The average Bonchev–Trinajstić information content (AvgIpc) is 2.39. The van der Waals surface area contributed by atoms with Crippen LogP contribution in [-0.2, 0) is 0 Å². The Morgan fingerprint density at radius 1 is 1.00 bits per heavy atom. The summed E-state index contributed by atoms with van der Waals surface area (Å²) in [5.74, 6) is 1.64. The van der Waals surface area contributed by atoms with Crippen molar-refractivity contribution in [2.75, 3.05) is 14.2 Å². The van der Waals surface area contributed by atoms with Gasteiger partial charge in [-0.25, -0.2) is 0 Å². The van der Waals surface area contributed by atoms with Gasteiger partial charge in [0.05, 0.1) is 14.2 Å². The zero-order valence-electron chi connectivity index (χ0n) is 10.7. The summed E-state index contributed by atoms with van der Waals surface area (Å²) in [6, 6.07) is 6.03. The second-order valence-electron chi connectivity index (χ2n) is 4.45. The lowest BCUT2D eigenvalue weighted by atomic mass is 9.93. The van der Waals surface area contributed by atoms with Crippen LogP contribution < -0.4 is 9.47 Å². The van der Waals surface area contributed by atoms with Crippen LogP contribution in [0.15, 0.2) is 23.8 Å². The molecule has 0 saturated heterocycles. The van der Waals surface area contributed by atoms with Crippen LogP contribution >= 0.6 is 0 Å². The molecule has 17 heavy (non-hydrogen) atoms. The molecule has 92 valence electrons. The lowest BCUT2D eigenvalue weighted by molar-refractivity contribution is 0.354. The summed E-state index contributed by atoms with van der Waals surface area (Å²) in [7, 11) is 3.37. The molecule has 1 aliphatic rings. The van der Waals surface area contributed by atoms with E-state index >= 15 is 0 Å². The number of allylic oxidation sites excluding steroid dienone is 1. The van der Waals surface area contributed by atoms with E-state index in [1.807, 2.05) is 12.1 Å². The molecule has 2 nitrogen and oxygen atoms in total. The maximum Gasteiger partial charge on any atom is 0.167 e. The van der Waals surface area contributed by atoms with Gasteiger partial charge in [-0.1, -0.05) is 30.2 Å². The highest BCUT2D eigenvalue weighted by Gasteiger charge is 2.10. The fraction of sp³-hybridized carbons (Fsp3) is 0.467. The van der Waals surface area contributed by atoms with E-state index in [9.17, 15) is 0 Å². The number of hydrogen-bond acceptors (Lipinski definition) is 2.